The Morgan fingerprint density at radius 1 is 1.11 bits per heavy atom. The summed E-state index contributed by atoms with van der Waals surface area (Å²) >= 11 is 0. The quantitative estimate of drug-likeness (QED) is 0.380. The summed E-state index contributed by atoms with van der Waals surface area (Å²) < 4.78 is 7.64. The number of ether oxygens (including phenoxy) is 1. The van der Waals surface area contributed by atoms with Crippen LogP contribution in [0.25, 0.3) is 10.9 Å². The van der Waals surface area contributed by atoms with E-state index in [0.29, 0.717) is 19.6 Å². The molecule has 0 spiro atoms. The van der Waals surface area contributed by atoms with E-state index in [1.807, 2.05) is 22.9 Å². The third kappa shape index (κ3) is 5.83. The van der Waals surface area contributed by atoms with Gasteiger partial charge in [-0.3, -0.25) is 9.69 Å². The number of H-pyrrole nitrogens is 1. The van der Waals surface area contributed by atoms with Crippen molar-refractivity contribution in [3.05, 3.63) is 87.5 Å². The molecule has 8 heteroatoms. The van der Waals surface area contributed by atoms with E-state index in [1.165, 1.54) is 11.1 Å². The maximum Gasteiger partial charge on any atom is 0.252 e. The van der Waals surface area contributed by atoms with Crippen molar-refractivity contribution in [1.82, 2.24) is 30.1 Å². The average Bonchev–Trinajstić information content (AvgIpc) is 3.56. The molecule has 0 bridgehead atoms. The van der Waals surface area contributed by atoms with Gasteiger partial charge in [0.2, 0.25) is 0 Å². The van der Waals surface area contributed by atoms with Crippen molar-refractivity contribution in [3.8, 4) is 0 Å². The van der Waals surface area contributed by atoms with Gasteiger partial charge in [0, 0.05) is 30.8 Å². The molecule has 2 aromatic heterocycles. The second kappa shape index (κ2) is 10.9. The van der Waals surface area contributed by atoms with Crippen molar-refractivity contribution in [2.45, 2.75) is 58.3 Å². The number of nitrogens with one attached hydrogen (secondary N) is 1. The zero-order valence-corrected chi connectivity index (χ0v) is 20.2. The minimum Gasteiger partial charge on any atom is -0.376 e. The van der Waals surface area contributed by atoms with Crippen LogP contribution in [0.3, 0.4) is 0 Å². The average molecular weight is 473 g/mol. The lowest BCUT2D eigenvalue weighted by Gasteiger charge is -2.22. The molecule has 0 unspecified atom stereocenters. The summed E-state index contributed by atoms with van der Waals surface area (Å²) in [6.07, 6.45) is 4.10. The molecule has 1 aliphatic heterocycles. The number of aryl methyl sites for hydroxylation is 1. The van der Waals surface area contributed by atoms with Crippen molar-refractivity contribution >= 4 is 10.9 Å². The Bertz CT molecular complexity index is 1310. The molecule has 1 atom stereocenters. The number of hydrogen-bond acceptors (Lipinski definition) is 6. The largest absolute Gasteiger partial charge is 0.376 e. The summed E-state index contributed by atoms with van der Waals surface area (Å²) in [6, 6.07) is 18.7. The van der Waals surface area contributed by atoms with Crippen LogP contribution in [-0.2, 0) is 37.2 Å². The maximum atomic E-state index is 13.0. The SMILES string of the molecule is CCc1ccc2[nH]c(=O)c(CN(CCc3ccccc3)Cc3nnnn3C[C@@H]3CCCO3)cc2c1. The van der Waals surface area contributed by atoms with E-state index < -0.39 is 0 Å². The molecular weight excluding hydrogens is 440 g/mol. The molecule has 0 aliphatic carbocycles. The summed E-state index contributed by atoms with van der Waals surface area (Å²) in [5, 5.41) is 13.5. The van der Waals surface area contributed by atoms with E-state index in [1.54, 1.807) is 0 Å². The third-order valence-corrected chi connectivity index (χ3v) is 6.72. The lowest BCUT2D eigenvalue weighted by molar-refractivity contribution is 0.0916. The molecular formula is C27H32N6O2. The summed E-state index contributed by atoms with van der Waals surface area (Å²) in [4.78, 5) is 18.3. The highest BCUT2D eigenvalue weighted by Crippen LogP contribution is 2.17. The van der Waals surface area contributed by atoms with Crippen molar-refractivity contribution in [2.24, 2.45) is 0 Å². The van der Waals surface area contributed by atoms with Crippen LogP contribution in [0.1, 0.15) is 42.3 Å². The van der Waals surface area contributed by atoms with Gasteiger partial charge in [0.05, 0.1) is 19.2 Å². The Morgan fingerprint density at radius 2 is 2.00 bits per heavy atom. The predicted molar refractivity (Wildman–Crippen MR) is 135 cm³/mol. The van der Waals surface area contributed by atoms with E-state index in [9.17, 15) is 4.79 Å². The van der Waals surface area contributed by atoms with Crippen LogP contribution in [0, 0.1) is 0 Å². The van der Waals surface area contributed by atoms with Crippen molar-refractivity contribution in [2.75, 3.05) is 13.2 Å². The van der Waals surface area contributed by atoms with Gasteiger partial charge < -0.3 is 9.72 Å². The van der Waals surface area contributed by atoms with Crippen molar-refractivity contribution < 1.29 is 4.74 Å². The maximum absolute atomic E-state index is 13.0. The van der Waals surface area contributed by atoms with Crippen LogP contribution in [0.15, 0.2) is 59.4 Å². The number of hydrogen-bond donors (Lipinski definition) is 1. The van der Waals surface area contributed by atoms with Crippen molar-refractivity contribution in [1.29, 1.82) is 0 Å². The normalized spacial score (nSPS) is 15.9. The summed E-state index contributed by atoms with van der Waals surface area (Å²) in [6.45, 7) is 5.45. The highest BCUT2D eigenvalue weighted by molar-refractivity contribution is 5.79. The minimum absolute atomic E-state index is 0.0505. The first-order valence-corrected chi connectivity index (χ1v) is 12.5. The Balaban J connectivity index is 1.39. The molecule has 0 saturated carbocycles. The van der Waals surface area contributed by atoms with Gasteiger partial charge in [0.15, 0.2) is 5.82 Å². The first-order valence-electron chi connectivity index (χ1n) is 12.5. The smallest absolute Gasteiger partial charge is 0.252 e. The molecule has 1 saturated heterocycles. The molecule has 1 fully saturated rings. The molecule has 182 valence electrons. The zero-order chi connectivity index (χ0) is 24.0. The Kier molecular flexibility index (Phi) is 7.30. The lowest BCUT2D eigenvalue weighted by atomic mass is 10.1. The highest BCUT2D eigenvalue weighted by atomic mass is 16.5. The van der Waals surface area contributed by atoms with Gasteiger partial charge in [-0.25, -0.2) is 4.68 Å². The molecule has 1 aliphatic rings. The molecule has 3 heterocycles. The molecule has 5 rings (SSSR count). The fraction of sp³-hybridized carbons (Fsp3) is 0.407. The van der Waals surface area contributed by atoms with E-state index in [4.69, 9.17) is 4.74 Å². The number of fused-ring (bicyclic) bond motifs is 1. The van der Waals surface area contributed by atoms with Gasteiger partial charge in [0.25, 0.3) is 5.56 Å². The predicted octanol–water partition coefficient (Wildman–Crippen LogP) is 3.50. The summed E-state index contributed by atoms with van der Waals surface area (Å²) in [5.41, 5.74) is 4.08. The number of benzene rings is 2. The molecule has 0 amide bonds. The summed E-state index contributed by atoms with van der Waals surface area (Å²) in [5.74, 6) is 0.791. The van der Waals surface area contributed by atoms with E-state index >= 15 is 0 Å². The zero-order valence-electron chi connectivity index (χ0n) is 20.2. The molecule has 0 radical (unpaired) electrons. The molecule has 2 aromatic carbocycles. The molecule has 4 aromatic rings. The Labute approximate surface area is 204 Å². The Hall–Kier alpha value is -3.36. The van der Waals surface area contributed by atoms with Gasteiger partial charge in [0.1, 0.15) is 0 Å². The van der Waals surface area contributed by atoms with Crippen LogP contribution in [0.5, 0.6) is 0 Å². The van der Waals surface area contributed by atoms with Crippen LogP contribution in [-0.4, -0.2) is 49.3 Å². The molecule has 8 nitrogen and oxygen atoms in total. The first kappa shape index (κ1) is 23.4. The number of tetrazole rings is 1. The van der Waals surface area contributed by atoms with Crippen LogP contribution in [0.4, 0.5) is 0 Å². The van der Waals surface area contributed by atoms with Crippen LogP contribution >= 0.6 is 0 Å². The molecule has 35 heavy (non-hydrogen) atoms. The highest BCUT2D eigenvalue weighted by Gasteiger charge is 2.20. The fourth-order valence-corrected chi connectivity index (χ4v) is 4.68. The van der Waals surface area contributed by atoms with Gasteiger partial charge >= 0.3 is 0 Å². The second-order valence-corrected chi connectivity index (χ2v) is 9.26. The second-order valence-electron chi connectivity index (χ2n) is 9.26. The van der Waals surface area contributed by atoms with E-state index in [0.717, 1.165) is 61.1 Å². The third-order valence-electron chi connectivity index (χ3n) is 6.72. The Morgan fingerprint density at radius 3 is 2.80 bits per heavy atom. The van der Waals surface area contributed by atoms with Crippen molar-refractivity contribution in [3.63, 3.8) is 0 Å². The lowest BCUT2D eigenvalue weighted by Crippen LogP contribution is -2.30. The van der Waals surface area contributed by atoms with Crippen LogP contribution < -0.4 is 5.56 Å². The number of rotatable bonds is 10. The van der Waals surface area contributed by atoms with E-state index in [-0.39, 0.29) is 11.7 Å². The van der Waals surface area contributed by atoms with Gasteiger partial charge in [-0.15, -0.1) is 5.10 Å². The monoisotopic (exact) mass is 472 g/mol. The van der Waals surface area contributed by atoms with E-state index in [2.05, 4.69) is 68.7 Å². The minimum atomic E-state index is -0.0505. The number of pyridine rings is 1. The van der Waals surface area contributed by atoms with Crippen LogP contribution in [0.2, 0.25) is 0 Å². The standard InChI is InChI=1S/C27H32N6O2/c1-2-20-10-11-25-22(15-20)16-23(27(34)28-25)17-32(13-12-21-7-4-3-5-8-21)19-26-29-30-31-33(26)18-24-9-6-14-35-24/h3-5,7-8,10-11,15-16,24H,2,6,9,12-14,17-19H2,1H3,(H,28,34)/t24-/m0/s1. The van der Waals surface area contributed by atoms with Gasteiger partial charge in [-0.2, -0.15) is 0 Å². The van der Waals surface area contributed by atoms with Gasteiger partial charge in [-0.05, 0) is 70.8 Å². The summed E-state index contributed by atoms with van der Waals surface area (Å²) in [7, 11) is 0. The number of nitrogens with zero attached hydrogens (tertiary/aromatic N) is 5. The number of aromatic nitrogens is 5. The number of aromatic amines is 1. The fourth-order valence-electron chi connectivity index (χ4n) is 4.68. The topological polar surface area (TPSA) is 88.9 Å². The first-order chi connectivity index (χ1) is 17.2. The molecule has 1 N–H and O–H groups in total. The van der Waals surface area contributed by atoms with Gasteiger partial charge in [-0.1, -0.05) is 43.3 Å².